The number of rotatable bonds is 5. The van der Waals surface area contributed by atoms with Gasteiger partial charge in [0.15, 0.2) is 17.0 Å². The van der Waals surface area contributed by atoms with Crippen LogP contribution in [0.1, 0.15) is 51.5 Å². The third-order valence-corrected chi connectivity index (χ3v) is 4.41. The van der Waals surface area contributed by atoms with Crippen molar-refractivity contribution in [3.05, 3.63) is 48.0 Å². The zero-order valence-corrected chi connectivity index (χ0v) is 16.2. The summed E-state index contributed by atoms with van der Waals surface area (Å²) in [5, 5.41) is 13.5. The molecular weight excluding hydrogens is 338 g/mol. The highest BCUT2D eigenvalue weighted by molar-refractivity contribution is 5.83. The third kappa shape index (κ3) is 4.44. The molecule has 1 atom stereocenters. The van der Waals surface area contributed by atoms with E-state index in [2.05, 4.69) is 58.1 Å². The van der Waals surface area contributed by atoms with Crippen LogP contribution in [0.3, 0.4) is 0 Å². The second-order valence-corrected chi connectivity index (χ2v) is 7.03. The minimum absolute atomic E-state index is 0.214. The van der Waals surface area contributed by atoms with Gasteiger partial charge >= 0.3 is 0 Å². The van der Waals surface area contributed by atoms with E-state index in [9.17, 15) is 5.11 Å². The number of imidazole rings is 1. The third-order valence-electron chi connectivity index (χ3n) is 4.41. The Hall–Kier alpha value is -2.91. The minimum Gasteiger partial charge on any atom is -0.378 e. The maximum atomic E-state index is 10.2. The van der Waals surface area contributed by atoms with Crippen LogP contribution >= 0.6 is 0 Å². The zero-order valence-electron chi connectivity index (χ0n) is 16.2. The van der Waals surface area contributed by atoms with E-state index in [1.165, 1.54) is 0 Å². The van der Waals surface area contributed by atoms with Crippen molar-refractivity contribution in [2.24, 2.45) is 0 Å². The highest BCUT2D eigenvalue weighted by Crippen LogP contribution is 2.22. The number of aliphatic hydroxyl groups is 1. The van der Waals surface area contributed by atoms with Crippen LogP contribution in [0, 0.1) is 11.8 Å². The van der Waals surface area contributed by atoms with Gasteiger partial charge in [-0.2, -0.15) is 0 Å². The Bertz CT molecular complexity index is 980. The molecule has 3 rings (SSSR count). The zero-order chi connectivity index (χ0) is 19.4. The van der Waals surface area contributed by atoms with Crippen LogP contribution < -0.4 is 5.32 Å². The van der Waals surface area contributed by atoms with Crippen molar-refractivity contribution in [2.75, 3.05) is 5.32 Å². The summed E-state index contributed by atoms with van der Waals surface area (Å²) in [6, 6.07) is 10.3. The van der Waals surface area contributed by atoms with Crippen LogP contribution in [0.25, 0.3) is 11.2 Å². The minimum atomic E-state index is -1.06. The van der Waals surface area contributed by atoms with Crippen molar-refractivity contribution in [2.45, 2.75) is 52.3 Å². The second-order valence-electron chi connectivity index (χ2n) is 7.03. The number of hydrogen-bond donors (Lipinski definition) is 2. The molecule has 0 unspecified atom stereocenters. The molecule has 6 nitrogen and oxygen atoms in total. The van der Waals surface area contributed by atoms with Gasteiger partial charge in [-0.1, -0.05) is 43.2 Å². The normalized spacial score (nSPS) is 13.3. The molecule has 140 valence electrons. The summed E-state index contributed by atoms with van der Waals surface area (Å²) in [4.78, 5) is 13.6. The Balaban J connectivity index is 2.02. The largest absolute Gasteiger partial charge is 0.378 e. The first kappa shape index (κ1) is 18.9. The van der Waals surface area contributed by atoms with Gasteiger partial charge in [-0.15, -0.1) is 0 Å². The second kappa shape index (κ2) is 7.77. The number of nitrogens with one attached hydrogen (secondary N) is 1. The predicted molar refractivity (Wildman–Crippen MR) is 107 cm³/mol. The van der Waals surface area contributed by atoms with Crippen LogP contribution in [0.2, 0.25) is 0 Å². The molecule has 0 bridgehead atoms. The summed E-state index contributed by atoms with van der Waals surface area (Å²) in [6.07, 6.45) is 2.31. The van der Waals surface area contributed by atoms with Crippen LogP contribution in [0.15, 0.2) is 36.7 Å². The number of benzene rings is 1. The summed E-state index contributed by atoms with van der Waals surface area (Å²) in [5.74, 6) is 6.79. The summed E-state index contributed by atoms with van der Waals surface area (Å²) >= 11 is 0. The molecule has 0 saturated carbocycles. The first-order chi connectivity index (χ1) is 12.9. The average Bonchev–Trinajstić information content (AvgIpc) is 3.10. The molecule has 6 heteroatoms. The van der Waals surface area contributed by atoms with Gasteiger partial charge in [0.1, 0.15) is 5.60 Å². The van der Waals surface area contributed by atoms with Crippen molar-refractivity contribution < 1.29 is 5.11 Å². The molecule has 27 heavy (non-hydrogen) atoms. The SMILES string of the molecule is CC[C@@](C)(O)C#Cc1nc(NCc2ccccc2)c2ncn(C(C)C)c2n1. The Morgan fingerprint density at radius 3 is 2.63 bits per heavy atom. The standard InChI is InChI=1S/C21H25N5O/c1-5-21(4,27)12-11-17-24-19(22-13-16-9-7-6-8-10-16)18-20(25-17)26(14-23-18)15(2)3/h6-10,14-15,27H,5,13H2,1-4H3,(H,22,24,25)/t21-/m1/s1. The van der Waals surface area contributed by atoms with Crippen molar-refractivity contribution in [3.8, 4) is 11.8 Å². The summed E-state index contributed by atoms with van der Waals surface area (Å²) in [6.45, 7) is 8.35. The molecule has 0 aliphatic carbocycles. The van der Waals surface area contributed by atoms with Gasteiger partial charge in [-0.05, 0) is 38.7 Å². The quantitative estimate of drug-likeness (QED) is 0.678. The average molecular weight is 363 g/mol. The van der Waals surface area contributed by atoms with E-state index in [1.54, 1.807) is 13.3 Å². The molecule has 2 heterocycles. The molecule has 0 saturated heterocycles. The van der Waals surface area contributed by atoms with E-state index < -0.39 is 5.60 Å². The van der Waals surface area contributed by atoms with Crippen LogP contribution in [0.4, 0.5) is 5.82 Å². The monoisotopic (exact) mass is 363 g/mol. The fourth-order valence-electron chi connectivity index (χ4n) is 2.53. The molecule has 0 radical (unpaired) electrons. The number of nitrogens with zero attached hydrogens (tertiary/aromatic N) is 4. The van der Waals surface area contributed by atoms with E-state index in [1.807, 2.05) is 29.7 Å². The first-order valence-electron chi connectivity index (χ1n) is 9.17. The van der Waals surface area contributed by atoms with Gasteiger partial charge in [0.2, 0.25) is 5.82 Å². The molecule has 2 N–H and O–H groups in total. The molecule has 0 amide bonds. The summed E-state index contributed by atoms with van der Waals surface area (Å²) in [5.41, 5.74) is 1.53. The fourth-order valence-corrected chi connectivity index (χ4v) is 2.53. The molecule has 1 aromatic carbocycles. The number of hydrogen-bond acceptors (Lipinski definition) is 5. The highest BCUT2D eigenvalue weighted by Gasteiger charge is 2.16. The van der Waals surface area contributed by atoms with Crippen LogP contribution in [0.5, 0.6) is 0 Å². The van der Waals surface area contributed by atoms with Crippen molar-refractivity contribution >= 4 is 17.0 Å². The van der Waals surface area contributed by atoms with Gasteiger partial charge in [-0.3, -0.25) is 0 Å². The van der Waals surface area contributed by atoms with Crippen molar-refractivity contribution in [1.29, 1.82) is 0 Å². The van der Waals surface area contributed by atoms with Crippen molar-refractivity contribution in [3.63, 3.8) is 0 Å². The predicted octanol–water partition coefficient (Wildman–Crippen LogP) is 3.53. The maximum absolute atomic E-state index is 10.2. The van der Waals surface area contributed by atoms with Crippen LogP contribution in [-0.2, 0) is 6.54 Å². The van der Waals surface area contributed by atoms with Gasteiger partial charge in [0.25, 0.3) is 0 Å². The fraction of sp³-hybridized carbons (Fsp3) is 0.381. The number of fused-ring (bicyclic) bond motifs is 1. The van der Waals surface area contributed by atoms with Gasteiger partial charge in [0.05, 0.1) is 6.33 Å². The van der Waals surface area contributed by atoms with Gasteiger partial charge < -0.3 is 15.0 Å². The number of anilines is 1. The van der Waals surface area contributed by atoms with Gasteiger partial charge in [0, 0.05) is 12.6 Å². The lowest BCUT2D eigenvalue weighted by Gasteiger charge is -2.12. The molecule has 0 aliphatic heterocycles. The lowest BCUT2D eigenvalue weighted by molar-refractivity contribution is 0.118. The lowest BCUT2D eigenvalue weighted by atomic mass is 10.1. The maximum Gasteiger partial charge on any atom is 0.209 e. The smallest absolute Gasteiger partial charge is 0.209 e. The van der Waals surface area contributed by atoms with E-state index in [4.69, 9.17) is 0 Å². The Labute approximate surface area is 159 Å². The van der Waals surface area contributed by atoms with E-state index in [0.29, 0.717) is 30.1 Å². The highest BCUT2D eigenvalue weighted by atomic mass is 16.3. The topological polar surface area (TPSA) is 75.9 Å². The molecule has 0 aliphatic rings. The van der Waals surface area contributed by atoms with Crippen molar-refractivity contribution in [1.82, 2.24) is 19.5 Å². The Kier molecular flexibility index (Phi) is 5.43. The Morgan fingerprint density at radius 2 is 1.96 bits per heavy atom. The van der Waals surface area contributed by atoms with E-state index in [-0.39, 0.29) is 6.04 Å². The van der Waals surface area contributed by atoms with E-state index in [0.717, 1.165) is 11.2 Å². The molecule has 2 aromatic heterocycles. The number of aromatic nitrogens is 4. The first-order valence-corrected chi connectivity index (χ1v) is 9.17. The Morgan fingerprint density at radius 1 is 1.22 bits per heavy atom. The molecule has 0 spiro atoms. The van der Waals surface area contributed by atoms with Gasteiger partial charge in [-0.25, -0.2) is 15.0 Å². The summed E-state index contributed by atoms with van der Waals surface area (Å²) < 4.78 is 1.99. The molecule has 3 aromatic rings. The van der Waals surface area contributed by atoms with E-state index >= 15 is 0 Å². The summed E-state index contributed by atoms with van der Waals surface area (Å²) in [7, 11) is 0. The molecular formula is C21H25N5O. The lowest BCUT2D eigenvalue weighted by Crippen LogP contribution is -2.19. The molecule has 0 fully saturated rings. The van der Waals surface area contributed by atoms with Crippen LogP contribution in [-0.4, -0.2) is 30.2 Å².